The summed E-state index contributed by atoms with van der Waals surface area (Å²) in [5.74, 6) is 0.410. The second kappa shape index (κ2) is 12.6. The van der Waals surface area contributed by atoms with Gasteiger partial charge in [-0.15, -0.1) is 0 Å². The van der Waals surface area contributed by atoms with Gasteiger partial charge in [-0.05, 0) is 43.2 Å². The topological polar surface area (TPSA) is 56.0 Å². The summed E-state index contributed by atoms with van der Waals surface area (Å²) >= 11 is 0. The molecule has 3 nitrogen and oxygen atoms in total. The lowest BCUT2D eigenvalue weighted by atomic mass is 9.96. The Morgan fingerprint density at radius 3 is 2.78 bits per heavy atom. The van der Waals surface area contributed by atoms with Crippen molar-refractivity contribution in [2.24, 2.45) is 11.7 Å². The smallest absolute Gasteiger partial charge is 0.241 e. The van der Waals surface area contributed by atoms with Crippen LogP contribution in [0.4, 0.5) is 0 Å². The van der Waals surface area contributed by atoms with Crippen molar-refractivity contribution in [3.05, 3.63) is 54.4 Å². The highest BCUT2D eigenvalue weighted by atomic mass is 16.1. The van der Waals surface area contributed by atoms with Crippen LogP contribution in [0.5, 0.6) is 0 Å². The van der Waals surface area contributed by atoms with Crippen LogP contribution < -0.4 is 5.73 Å². The zero-order chi connectivity index (χ0) is 16.8. The molecular formula is C20H30N2O. The van der Waals surface area contributed by atoms with Gasteiger partial charge in [0.25, 0.3) is 0 Å². The van der Waals surface area contributed by atoms with E-state index >= 15 is 0 Å². The van der Waals surface area contributed by atoms with Gasteiger partial charge in [-0.25, -0.2) is 0 Å². The molecule has 1 rings (SSSR count). The lowest BCUT2D eigenvalue weighted by molar-refractivity contribution is -0.113. The second-order valence-electron chi connectivity index (χ2n) is 6.19. The quantitative estimate of drug-likeness (QED) is 0.348. The molecule has 0 aliphatic rings. The zero-order valence-electron chi connectivity index (χ0n) is 14.3. The highest BCUT2D eigenvalue weighted by Crippen LogP contribution is 2.17. The largest absolute Gasteiger partial charge is 0.366 e. The normalized spacial score (nSPS) is 12.9. The fraction of sp³-hybridized carbons (Fsp3) is 0.500. The van der Waals surface area contributed by atoms with Gasteiger partial charge in [-0.2, -0.15) is 0 Å². The molecule has 3 heteroatoms. The Kier molecular flexibility index (Phi) is 10.5. The van der Waals surface area contributed by atoms with E-state index in [0.29, 0.717) is 0 Å². The number of rotatable bonds is 12. The van der Waals surface area contributed by atoms with Crippen LogP contribution in [0.1, 0.15) is 57.4 Å². The molecule has 1 amide bonds. The molecule has 0 saturated heterocycles. The molecular weight excluding hydrogens is 284 g/mol. The zero-order valence-corrected chi connectivity index (χ0v) is 14.3. The van der Waals surface area contributed by atoms with E-state index in [0.717, 1.165) is 18.8 Å². The number of allylic oxidation sites excluding steroid dienone is 3. The number of aromatic nitrogens is 1. The fourth-order valence-corrected chi connectivity index (χ4v) is 2.60. The Morgan fingerprint density at radius 2 is 2.04 bits per heavy atom. The number of hydrogen-bond donors (Lipinski definition) is 1. The maximum absolute atomic E-state index is 10.5. The molecule has 0 bridgehead atoms. The highest BCUT2D eigenvalue weighted by Gasteiger charge is 2.02. The van der Waals surface area contributed by atoms with Crippen molar-refractivity contribution in [1.29, 1.82) is 0 Å². The maximum Gasteiger partial charge on any atom is 0.241 e. The minimum atomic E-state index is -0.396. The molecule has 0 aliphatic carbocycles. The molecule has 1 atom stereocenters. The number of nitrogens with zero attached hydrogens (tertiary/aromatic N) is 1. The number of pyridine rings is 1. The van der Waals surface area contributed by atoms with Crippen molar-refractivity contribution in [2.45, 2.75) is 58.3 Å². The van der Waals surface area contributed by atoms with E-state index in [-0.39, 0.29) is 0 Å². The number of nitrogens with two attached hydrogens (primary N) is 1. The third-order valence-corrected chi connectivity index (χ3v) is 3.96. The average Bonchev–Trinajstić information content (AvgIpc) is 2.54. The first-order chi connectivity index (χ1) is 11.2. The molecule has 0 fully saturated rings. The van der Waals surface area contributed by atoms with E-state index in [1.807, 2.05) is 24.5 Å². The van der Waals surface area contributed by atoms with Crippen LogP contribution in [-0.4, -0.2) is 10.9 Å². The predicted molar refractivity (Wildman–Crippen MR) is 96.9 cm³/mol. The van der Waals surface area contributed by atoms with Crippen molar-refractivity contribution in [2.75, 3.05) is 0 Å². The molecule has 0 radical (unpaired) electrons. The van der Waals surface area contributed by atoms with Crippen molar-refractivity contribution in [3.63, 3.8) is 0 Å². The summed E-state index contributed by atoms with van der Waals surface area (Å²) in [6.45, 7) is 2.36. The van der Waals surface area contributed by atoms with Crippen LogP contribution in [0.25, 0.3) is 0 Å². The van der Waals surface area contributed by atoms with E-state index in [2.05, 4.69) is 24.1 Å². The lowest BCUT2D eigenvalue weighted by Crippen LogP contribution is -2.04. The molecule has 126 valence electrons. The van der Waals surface area contributed by atoms with E-state index < -0.39 is 5.91 Å². The van der Waals surface area contributed by atoms with E-state index in [1.165, 1.54) is 50.2 Å². The fourth-order valence-electron chi connectivity index (χ4n) is 2.60. The standard InChI is InChI=1S/C20H30N2O/c1-18(12-9-13-19-14-10-16-22-17-19)11-7-5-3-2-4-6-8-15-20(21)23/h4,6,8,10,14-18H,2-3,5,7,9,11-13H2,1H3,(H2,21,23). The molecule has 0 aliphatic heterocycles. The van der Waals surface area contributed by atoms with Crippen LogP contribution in [0.3, 0.4) is 0 Å². The third-order valence-electron chi connectivity index (χ3n) is 3.96. The Bertz CT molecular complexity index is 480. The summed E-state index contributed by atoms with van der Waals surface area (Å²) in [6.07, 6.45) is 20.7. The first-order valence-corrected chi connectivity index (χ1v) is 8.70. The van der Waals surface area contributed by atoms with E-state index in [4.69, 9.17) is 5.73 Å². The molecule has 1 aromatic rings. The number of carbonyl (C=O) groups is 1. The SMILES string of the molecule is CC(CCCCCC=CC=CC(N)=O)CCCc1cccnc1. The highest BCUT2D eigenvalue weighted by molar-refractivity contribution is 5.85. The van der Waals surface area contributed by atoms with E-state index in [9.17, 15) is 4.79 Å². The first-order valence-electron chi connectivity index (χ1n) is 8.70. The van der Waals surface area contributed by atoms with Gasteiger partial charge in [0, 0.05) is 18.5 Å². The van der Waals surface area contributed by atoms with Crippen molar-refractivity contribution in [3.8, 4) is 0 Å². The summed E-state index contributed by atoms with van der Waals surface area (Å²) in [5, 5.41) is 0. The van der Waals surface area contributed by atoms with Gasteiger partial charge in [0.1, 0.15) is 0 Å². The number of primary amides is 1. The Balaban J connectivity index is 1.95. The summed E-state index contributed by atoms with van der Waals surface area (Å²) < 4.78 is 0. The maximum atomic E-state index is 10.5. The van der Waals surface area contributed by atoms with Crippen molar-refractivity contribution < 1.29 is 4.79 Å². The van der Waals surface area contributed by atoms with Crippen LogP contribution in [0.15, 0.2) is 48.8 Å². The number of aryl methyl sites for hydroxylation is 1. The molecule has 1 aromatic heterocycles. The number of hydrogen-bond acceptors (Lipinski definition) is 2. The van der Waals surface area contributed by atoms with Crippen molar-refractivity contribution >= 4 is 5.91 Å². The number of amides is 1. The number of carbonyl (C=O) groups excluding carboxylic acids is 1. The summed E-state index contributed by atoms with van der Waals surface area (Å²) in [4.78, 5) is 14.6. The van der Waals surface area contributed by atoms with Crippen LogP contribution in [0.2, 0.25) is 0 Å². The summed E-state index contributed by atoms with van der Waals surface area (Å²) in [7, 11) is 0. The molecule has 2 N–H and O–H groups in total. The van der Waals surface area contributed by atoms with Crippen LogP contribution in [0, 0.1) is 5.92 Å². The summed E-state index contributed by atoms with van der Waals surface area (Å²) in [6, 6.07) is 4.17. The van der Waals surface area contributed by atoms with Gasteiger partial charge in [0.15, 0.2) is 0 Å². The Morgan fingerprint density at radius 1 is 1.22 bits per heavy atom. The molecule has 23 heavy (non-hydrogen) atoms. The molecule has 1 unspecified atom stereocenters. The molecule has 0 spiro atoms. The molecule has 0 aromatic carbocycles. The lowest BCUT2D eigenvalue weighted by Gasteiger charge is -2.10. The Labute approximate surface area is 140 Å². The van der Waals surface area contributed by atoms with Gasteiger partial charge in [-0.1, -0.05) is 56.9 Å². The minimum absolute atomic E-state index is 0.396. The van der Waals surface area contributed by atoms with Crippen LogP contribution in [-0.2, 0) is 11.2 Å². The Hall–Kier alpha value is -1.90. The van der Waals surface area contributed by atoms with Crippen LogP contribution >= 0.6 is 0 Å². The van der Waals surface area contributed by atoms with Gasteiger partial charge >= 0.3 is 0 Å². The van der Waals surface area contributed by atoms with Gasteiger partial charge in [0.05, 0.1) is 0 Å². The molecule has 1 heterocycles. The molecule has 0 saturated carbocycles. The third kappa shape index (κ3) is 11.3. The average molecular weight is 314 g/mol. The number of unbranched alkanes of at least 4 members (excludes halogenated alkanes) is 3. The first kappa shape index (κ1) is 19.1. The van der Waals surface area contributed by atoms with Gasteiger partial charge in [-0.3, -0.25) is 9.78 Å². The second-order valence-corrected chi connectivity index (χ2v) is 6.19. The minimum Gasteiger partial charge on any atom is -0.366 e. The van der Waals surface area contributed by atoms with Crippen molar-refractivity contribution in [1.82, 2.24) is 4.98 Å². The van der Waals surface area contributed by atoms with Gasteiger partial charge < -0.3 is 5.73 Å². The monoisotopic (exact) mass is 314 g/mol. The summed E-state index contributed by atoms with van der Waals surface area (Å²) in [5.41, 5.74) is 6.35. The van der Waals surface area contributed by atoms with E-state index in [1.54, 1.807) is 6.08 Å². The predicted octanol–water partition coefficient (Wildman–Crippen LogP) is 4.59. The van der Waals surface area contributed by atoms with Gasteiger partial charge in [0.2, 0.25) is 5.91 Å².